The minimum Gasteiger partial charge on any atom is -0.490 e. The molecule has 8 heteroatoms. The fraction of sp³-hybridized carbons (Fsp3) is 0.148. The Morgan fingerprint density at radius 2 is 1.83 bits per heavy atom. The fourth-order valence-electron chi connectivity index (χ4n) is 3.54. The van der Waals surface area contributed by atoms with Crippen LogP contribution in [0, 0.1) is 0 Å². The topological polar surface area (TPSA) is 88.4 Å². The van der Waals surface area contributed by atoms with Crippen molar-refractivity contribution in [1.82, 2.24) is 0 Å². The van der Waals surface area contributed by atoms with Crippen molar-refractivity contribution in [2.45, 2.75) is 20.5 Å². The monoisotopic (exact) mass is 490 g/mol. The number of carbonyl (C=O) groups is 2. The van der Waals surface area contributed by atoms with Gasteiger partial charge in [-0.1, -0.05) is 35.9 Å². The van der Waals surface area contributed by atoms with Crippen molar-refractivity contribution in [2.24, 2.45) is 5.10 Å². The summed E-state index contributed by atoms with van der Waals surface area (Å²) >= 11 is 5.94. The number of anilines is 1. The molecule has 0 aliphatic carbocycles. The van der Waals surface area contributed by atoms with Crippen LogP contribution in [-0.4, -0.2) is 29.3 Å². The summed E-state index contributed by atoms with van der Waals surface area (Å²) in [6.07, 6.45) is 1.73. The summed E-state index contributed by atoms with van der Waals surface area (Å²) in [5.74, 6) is -0.274. The van der Waals surface area contributed by atoms with E-state index < -0.39 is 5.97 Å². The summed E-state index contributed by atoms with van der Waals surface area (Å²) in [5.41, 5.74) is 3.11. The standard InChI is InChI=1S/C27H23ClN2O5/c1-3-34-25-14-19(9-12-24(25)35-16-18-7-10-21(28)11-8-18)13-23-17(2)29-30(26(23)31)22-6-4-5-20(15-22)27(32)33/h4-15H,3,16H2,1-2H3,(H,32,33). The number of amides is 1. The van der Waals surface area contributed by atoms with Gasteiger partial charge in [0.25, 0.3) is 5.91 Å². The van der Waals surface area contributed by atoms with E-state index >= 15 is 0 Å². The molecular formula is C27H23ClN2O5. The normalized spacial score (nSPS) is 14.3. The molecule has 0 saturated heterocycles. The lowest BCUT2D eigenvalue weighted by Crippen LogP contribution is -2.21. The van der Waals surface area contributed by atoms with E-state index in [1.165, 1.54) is 17.1 Å². The zero-order valence-corrected chi connectivity index (χ0v) is 20.0. The molecule has 0 unspecified atom stereocenters. The van der Waals surface area contributed by atoms with Crippen LogP contribution in [-0.2, 0) is 11.4 Å². The molecule has 0 aromatic heterocycles. The van der Waals surface area contributed by atoms with Gasteiger partial charge in [0.05, 0.1) is 29.1 Å². The highest BCUT2D eigenvalue weighted by Crippen LogP contribution is 2.32. The Morgan fingerprint density at radius 3 is 2.54 bits per heavy atom. The molecule has 178 valence electrons. The van der Waals surface area contributed by atoms with Crippen molar-refractivity contribution in [1.29, 1.82) is 0 Å². The van der Waals surface area contributed by atoms with Crippen molar-refractivity contribution in [3.05, 3.63) is 94.0 Å². The number of carboxylic acid groups (broad SMARTS) is 1. The second-order valence-electron chi connectivity index (χ2n) is 7.77. The molecule has 4 rings (SSSR count). The highest BCUT2D eigenvalue weighted by Gasteiger charge is 2.29. The van der Waals surface area contributed by atoms with Crippen LogP contribution < -0.4 is 14.5 Å². The van der Waals surface area contributed by atoms with E-state index in [4.69, 9.17) is 21.1 Å². The number of nitrogens with zero attached hydrogens (tertiary/aromatic N) is 2. The Bertz CT molecular complexity index is 1330. The maximum Gasteiger partial charge on any atom is 0.335 e. The number of hydrazone groups is 1. The van der Waals surface area contributed by atoms with Gasteiger partial charge in [-0.05, 0) is 73.5 Å². The molecule has 7 nitrogen and oxygen atoms in total. The lowest BCUT2D eigenvalue weighted by molar-refractivity contribution is -0.114. The number of carboxylic acids is 1. The van der Waals surface area contributed by atoms with Crippen molar-refractivity contribution < 1.29 is 24.2 Å². The van der Waals surface area contributed by atoms with Gasteiger partial charge < -0.3 is 14.6 Å². The minimum atomic E-state index is -1.07. The smallest absolute Gasteiger partial charge is 0.335 e. The lowest BCUT2D eigenvalue weighted by atomic mass is 10.1. The highest BCUT2D eigenvalue weighted by molar-refractivity contribution is 6.32. The first-order chi connectivity index (χ1) is 16.9. The summed E-state index contributed by atoms with van der Waals surface area (Å²) in [5, 5.41) is 15.5. The van der Waals surface area contributed by atoms with E-state index in [9.17, 15) is 14.7 Å². The maximum absolute atomic E-state index is 13.1. The first kappa shape index (κ1) is 24.0. The average Bonchev–Trinajstić information content (AvgIpc) is 3.13. The molecule has 1 amide bonds. The van der Waals surface area contributed by atoms with Gasteiger partial charge in [-0.3, -0.25) is 4.79 Å². The number of halogens is 1. The van der Waals surface area contributed by atoms with Crippen LogP contribution in [0.15, 0.2) is 77.4 Å². The van der Waals surface area contributed by atoms with Gasteiger partial charge in [0.15, 0.2) is 11.5 Å². The van der Waals surface area contributed by atoms with Gasteiger partial charge in [0.1, 0.15) is 6.61 Å². The van der Waals surface area contributed by atoms with Crippen LogP contribution in [0.5, 0.6) is 11.5 Å². The van der Waals surface area contributed by atoms with Crippen molar-refractivity contribution >= 4 is 41.0 Å². The first-order valence-corrected chi connectivity index (χ1v) is 11.3. The van der Waals surface area contributed by atoms with Gasteiger partial charge in [-0.25, -0.2) is 4.79 Å². The quantitative estimate of drug-likeness (QED) is 0.402. The number of hydrogen-bond donors (Lipinski definition) is 1. The van der Waals surface area contributed by atoms with E-state index in [1.54, 1.807) is 31.2 Å². The van der Waals surface area contributed by atoms with Gasteiger partial charge in [-0.15, -0.1) is 0 Å². The zero-order chi connectivity index (χ0) is 24.9. The summed E-state index contributed by atoms with van der Waals surface area (Å²) in [7, 11) is 0. The van der Waals surface area contributed by atoms with Crippen LogP contribution in [0.1, 0.15) is 35.3 Å². The summed E-state index contributed by atoms with van der Waals surface area (Å²) in [4.78, 5) is 24.4. The minimum absolute atomic E-state index is 0.0797. The summed E-state index contributed by atoms with van der Waals surface area (Å²) in [6, 6.07) is 19.0. The second-order valence-corrected chi connectivity index (χ2v) is 8.21. The second kappa shape index (κ2) is 10.4. The molecule has 1 aliphatic rings. The lowest BCUT2D eigenvalue weighted by Gasteiger charge is -2.13. The van der Waals surface area contributed by atoms with E-state index in [0.717, 1.165) is 11.1 Å². The molecule has 0 bridgehead atoms. The van der Waals surface area contributed by atoms with E-state index in [1.807, 2.05) is 43.3 Å². The zero-order valence-electron chi connectivity index (χ0n) is 19.2. The number of aromatic carboxylic acids is 1. The molecule has 1 heterocycles. The number of carbonyl (C=O) groups excluding carboxylic acids is 1. The molecule has 1 N–H and O–H groups in total. The molecule has 3 aromatic rings. The van der Waals surface area contributed by atoms with E-state index in [-0.39, 0.29) is 11.5 Å². The predicted molar refractivity (Wildman–Crippen MR) is 135 cm³/mol. The largest absolute Gasteiger partial charge is 0.490 e. The molecular weight excluding hydrogens is 468 g/mol. The number of benzene rings is 3. The van der Waals surface area contributed by atoms with Gasteiger partial charge in [0.2, 0.25) is 0 Å². The van der Waals surface area contributed by atoms with Crippen LogP contribution >= 0.6 is 11.6 Å². The fourth-order valence-corrected chi connectivity index (χ4v) is 3.67. The van der Waals surface area contributed by atoms with Gasteiger partial charge in [-0.2, -0.15) is 10.1 Å². The van der Waals surface area contributed by atoms with Crippen LogP contribution in [0.25, 0.3) is 6.08 Å². The van der Waals surface area contributed by atoms with Crippen molar-refractivity contribution in [3.63, 3.8) is 0 Å². The summed E-state index contributed by atoms with van der Waals surface area (Å²) in [6.45, 7) is 4.42. The molecule has 35 heavy (non-hydrogen) atoms. The molecule has 0 fully saturated rings. The first-order valence-electron chi connectivity index (χ1n) is 10.9. The Balaban J connectivity index is 1.56. The van der Waals surface area contributed by atoms with Gasteiger partial charge >= 0.3 is 5.97 Å². The molecule has 1 aliphatic heterocycles. The van der Waals surface area contributed by atoms with Gasteiger partial charge in [0, 0.05) is 5.02 Å². The maximum atomic E-state index is 13.1. The summed E-state index contributed by atoms with van der Waals surface area (Å²) < 4.78 is 11.7. The number of ether oxygens (including phenoxy) is 2. The third kappa shape index (κ3) is 5.53. The SMILES string of the molecule is CCOc1cc(C=C2C(=O)N(c3cccc(C(=O)O)c3)N=C2C)ccc1OCc1ccc(Cl)cc1. The molecule has 0 atom stereocenters. The molecule has 0 radical (unpaired) electrons. The van der Waals surface area contributed by atoms with Crippen molar-refractivity contribution in [3.8, 4) is 11.5 Å². The van der Waals surface area contributed by atoms with E-state index in [2.05, 4.69) is 5.10 Å². The molecule has 3 aromatic carbocycles. The van der Waals surface area contributed by atoms with Crippen LogP contribution in [0.3, 0.4) is 0 Å². The average molecular weight is 491 g/mol. The predicted octanol–water partition coefficient (Wildman–Crippen LogP) is 5.82. The van der Waals surface area contributed by atoms with E-state index in [0.29, 0.717) is 46.7 Å². The highest BCUT2D eigenvalue weighted by atomic mass is 35.5. The third-order valence-corrected chi connectivity index (χ3v) is 5.54. The number of hydrogen-bond acceptors (Lipinski definition) is 5. The van der Waals surface area contributed by atoms with Crippen LogP contribution in [0.2, 0.25) is 5.02 Å². The van der Waals surface area contributed by atoms with Crippen LogP contribution in [0.4, 0.5) is 5.69 Å². The Kier molecular flexibility index (Phi) is 7.17. The third-order valence-electron chi connectivity index (χ3n) is 5.29. The Labute approximate surface area is 207 Å². The Hall–Kier alpha value is -4.10. The number of rotatable bonds is 8. The Morgan fingerprint density at radius 1 is 1.06 bits per heavy atom. The molecule has 0 saturated carbocycles. The van der Waals surface area contributed by atoms with Crippen molar-refractivity contribution in [2.75, 3.05) is 11.6 Å². The molecule has 0 spiro atoms.